The molecule has 0 aliphatic carbocycles. The number of para-hydroxylation sites is 1. The van der Waals surface area contributed by atoms with Crippen molar-refractivity contribution in [3.63, 3.8) is 0 Å². The maximum absolute atomic E-state index is 12.0. The molecule has 0 fully saturated rings. The van der Waals surface area contributed by atoms with Gasteiger partial charge >= 0.3 is 0 Å². The highest BCUT2D eigenvalue weighted by atomic mass is 32.2. The third-order valence-electron chi connectivity index (χ3n) is 3.76. The summed E-state index contributed by atoms with van der Waals surface area (Å²) in [5.41, 5.74) is 2.69. The van der Waals surface area contributed by atoms with Gasteiger partial charge in [-0.15, -0.1) is 0 Å². The Morgan fingerprint density at radius 2 is 1.93 bits per heavy atom. The number of amides is 1. The Morgan fingerprint density at radius 3 is 2.67 bits per heavy atom. The second-order valence-corrected chi connectivity index (χ2v) is 8.57. The number of carbonyl (C=O) groups is 1. The van der Waals surface area contributed by atoms with Crippen LogP contribution >= 0.6 is 11.3 Å². The second kappa shape index (κ2) is 8.43. The highest BCUT2D eigenvalue weighted by molar-refractivity contribution is 7.92. The number of nitrogens with zero attached hydrogens (tertiary/aromatic N) is 1. The monoisotopic (exact) mass is 401 g/mol. The van der Waals surface area contributed by atoms with Gasteiger partial charge in [0.25, 0.3) is 0 Å². The minimum atomic E-state index is -3.60. The highest BCUT2D eigenvalue weighted by Crippen LogP contribution is 2.27. The topological polar surface area (TPSA) is 88.2 Å². The summed E-state index contributed by atoms with van der Waals surface area (Å²) in [6, 6.07) is 15.0. The lowest BCUT2D eigenvalue weighted by molar-refractivity contribution is -0.116. The van der Waals surface area contributed by atoms with Crippen molar-refractivity contribution in [1.82, 2.24) is 9.71 Å². The predicted molar refractivity (Wildman–Crippen MR) is 110 cm³/mol. The minimum absolute atomic E-state index is 0.0111. The van der Waals surface area contributed by atoms with Gasteiger partial charge in [0.05, 0.1) is 10.2 Å². The molecule has 1 amide bonds. The maximum atomic E-state index is 12.0. The molecule has 6 nitrogen and oxygen atoms in total. The van der Waals surface area contributed by atoms with Crippen LogP contribution in [0.25, 0.3) is 16.3 Å². The number of aryl methyl sites for hydroxylation is 1. The average Bonchev–Trinajstić information content (AvgIpc) is 3.05. The van der Waals surface area contributed by atoms with Crippen LogP contribution in [0.2, 0.25) is 0 Å². The van der Waals surface area contributed by atoms with Gasteiger partial charge in [0, 0.05) is 18.4 Å². The molecule has 0 bridgehead atoms. The largest absolute Gasteiger partial charge is 0.302 e. The summed E-state index contributed by atoms with van der Waals surface area (Å²) in [5.74, 6) is -0.290. The fourth-order valence-corrected chi connectivity index (χ4v) is 4.19. The molecule has 2 N–H and O–H groups in total. The van der Waals surface area contributed by atoms with Gasteiger partial charge < -0.3 is 5.32 Å². The first-order chi connectivity index (χ1) is 12.9. The predicted octanol–water partition coefficient (Wildman–Crippen LogP) is 3.52. The zero-order chi connectivity index (χ0) is 19.3. The van der Waals surface area contributed by atoms with Crippen molar-refractivity contribution in [2.75, 3.05) is 11.9 Å². The number of benzene rings is 2. The molecule has 0 radical (unpaired) electrons. The van der Waals surface area contributed by atoms with Gasteiger partial charge in [-0.3, -0.25) is 4.79 Å². The molecule has 0 aliphatic heterocycles. The first kappa shape index (κ1) is 19.2. The Labute approximate surface area is 162 Å². The smallest absolute Gasteiger partial charge is 0.233 e. The number of anilines is 1. The lowest BCUT2D eigenvalue weighted by Gasteiger charge is -2.03. The molecule has 0 aliphatic rings. The van der Waals surface area contributed by atoms with E-state index in [2.05, 4.69) is 15.0 Å². The van der Waals surface area contributed by atoms with Crippen molar-refractivity contribution in [2.24, 2.45) is 0 Å². The van der Waals surface area contributed by atoms with E-state index in [0.717, 1.165) is 26.8 Å². The molecule has 8 heteroatoms. The van der Waals surface area contributed by atoms with Gasteiger partial charge in [0.2, 0.25) is 15.9 Å². The summed E-state index contributed by atoms with van der Waals surface area (Å²) >= 11 is 1.39. The van der Waals surface area contributed by atoms with E-state index in [4.69, 9.17) is 0 Å². The first-order valence-corrected chi connectivity index (χ1v) is 10.7. The SMILES string of the molecule is Cc1cccc2sc(NC(=O)CCNS(=O)(=O)/C=C/c3ccccc3)nc12. The molecule has 0 atom stereocenters. The lowest BCUT2D eigenvalue weighted by Crippen LogP contribution is -2.26. The van der Waals surface area contributed by atoms with Crippen molar-refractivity contribution in [2.45, 2.75) is 13.3 Å². The van der Waals surface area contributed by atoms with E-state index in [1.807, 2.05) is 43.3 Å². The summed E-state index contributed by atoms with van der Waals surface area (Å²) in [4.78, 5) is 16.5. The zero-order valence-corrected chi connectivity index (χ0v) is 16.3. The second-order valence-electron chi connectivity index (χ2n) is 5.89. The standard InChI is InChI=1S/C19H19N3O3S2/c1-14-6-5-9-16-18(14)22-19(26-16)21-17(23)10-12-20-27(24,25)13-11-15-7-3-2-4-8-15/h2-9,11,13,20H,10,12H2,1H3,(H,21,22,23)/b13-11+. The third kappa shape index (κ3) is 5.46. The number of sulfonamides is 1. The molecule has 0 saturated carbocycles. The van der Waals surface area contributed by atoms with E-state index < -0.39 is 10.0 Å². The fourth-order valence-electron chi connectivity index (χ4n) is 2.41. The van der Waals surface area contributed by atoms with E-state index >= 15 is 0 Å². The van der Waals surface area contributed by atoms with Gasteiger partial charge in [-0.2, -0.15) is 0 Å². The van der Waals surface area contributed by atoms with E-state index in [1.54, 1.807) is 12.1 Å². The summed E-state index contributed by atoms with van der Waals surface area (Å²) in [6.45, 7) is 1.97. The molecule has 0 unspecified atom stereocenters. The number of fused-ring (bicyclic) bond motifs is 1. The van der Waals surface area contributed by atoms with Crippen molar-refractivity contribution >= 4 is 48.7 Å². The van der Waals surface area contributed by atoms with E-state index in [-0.39, 0.29) is 18.9 Å². The van der Waals surface area contributed by atoms with E-state index in [1.165, 1.54) is 17.4 Å². The zero-order valence-electron chi connectivity index (χ0n) is 14.7. The molecule has 0 saturated heterocycles. The van der Waals surface area contributed by atoms with Gasteiger partial charge in [0.15, 0.2) is 5.13 Å². The Balaban J connectivity index is 1.51. The Kier molecular flexibility index (Phi) is 6.00. The van der Waals surface area contributed by atoms with Crippen LogP contribution in [0.3, 0.4) is 0 Å². The quantitative estimate of drug-likeness (QED) is 0.634. The normalized spacial score (nSPS) is 11.9. The van der Waals surface area contributed by atoms with Gasteiger partial charge in [0.1, 0.15) is 0 Å². The van der Waals surface area contributed by atoms with Crippen LogP contribution < -0.4 is 10.0 Å². The Hall–Kier alpha value is -2.55. The minimum Gasteiger partial charge on any atom is -0.302 e. The number of nitrogens with one attached hydrogen (secondary N) is 2. The molecular formula is C19H19N3O3S2. The molecule has 3 aromatic rings. The van der Waals surface area contributed by atoms with Crippen LogP contribution in [0.1, 0.15) is 17.5 Å². The molecule has 3 rings (SSSR count). The van der Waals surface area contributed by atoms with Crippen LogP contribution in [-0.2, 0) is 14.8 Å². The summed E-state index contributed by atoms with van der Waals surface area (Å²) in [7, 11) is -3.60. The van der Waals surface area contributed by atoms with Crippen LogP contribution in [0.4, 0.5) is 5.13 Å². The number of carbonyl (C=O) groups excluding carboxylic acids is 1. The summed E-state index contributed by atoms with van der Waals surface area (Å²) in [6.07, 6.45) is 1.53. The Morgan fingerprint density at radius 1 is 1.15 bits per heavy atom. The molecule has 1 heterocycles. The van der Waals surface area contributed by atoms with Crippen LogP contribution in [0.15, 0.2) is 53.9 Å². The summed E-state index contributed by atoms with van der Waals surface area (Å²) < 4.78 is 27.3. The van der Waals surface area contributed by atoms with Gasteiger partial charge in [-0.25, -0.2) is 18.1 Å². The first-order valence-electron chi connectivity index (χ1n) is 8.32. The fraction of sp³-hybridized carbons (Fsp3) is 0.158. The van der Waals surface area contributed by atoms with Gasteiger partial charge in [-0.1, -0.05) is 53.8 Å². The molecular weight excluding hydrogens is 382 g/mol. The van der Waals surface area contributed by atoms with E-state index in [9.17, 15) is 13.2 Å². The number of rotatable bonds is 7. The number of aromatic nitrogens is 1. The van der Waals surface area contributed by atoms with Crippen molar-refractivity contribution < 1.29 is 13.2 Å². The molecule has 0 spiro atoms. The summed E-state index contributed by atoms with van der Waals surface area (Å²) in [5, 5.41) is 4.32. The molecule has 140 valence electrons. The maximum Gasteiger partial charge on any atom is 0.233 e. The van der Waals surface area contributed by atoms with E-state index in [0.29, 0.717) is 5.13 Å². The highest BCUT2D eigenvalue weighted by Gasteiger charge is 2.10. The number of hydrogen-bond donors (Lipinski definition) is 2. The lowest BCUT2D eigenvalue weighted by atomic mass is 10.2. The van der Waals surface area contributed by atoms with Gasteiger partial charge in [-0.05, 0) is 30.2 Å². The number of hydrogen-bond acceptors (Lipinski definition) is 5. The molecule has 27 heavy (non-hydrogen) atoms. The van der Waals surface area contributed by atoms with Crippen molar-refractivity contribution in [1.29, 1.82) is 0 Å². The number of thiazole rings is 1. The van der Waals surface area contributed by atoms with Crippen molar-refractivity contribution in [3.8, 4) is 0 Å². The Bertz CT molecular complexity index is 1070. The average molecular weight is 402 g/mol. The van der Waals surface area contributed by atoms with Crippen LogP contribution in [0.5, 0.6) is 0 Å². The molecule has 2 aromatic carbocycles. The molecule has 1 aromatic heterocycles. The van der Waals surface area contributed by atoms with Crippen LogP contribution in [-0.4, -0.2) is 25.9 Å². The van der Waals surface area contributed by atoms with Crippen molar-refractivity contribution in [3.05, 3.63) is 65.1 Å². The van der Waals surface area contributed by atoms with Crippen LogP contribution in [0, 0.1) is 6.92 Å². The third-order valence-corrected chi connectivity index (χ3v) is 5.80.